The first kappa shape index (κ1) is 13.3. The van der Waals surface area contributed by atoms with Crippen molar-refractivity contribution in [3.63, 3.8) is 0 Å². The van der Waals surface area contributed by atoms with Crippen molar-refractivity contribution < 1.29 is 9.50 Å². The molecule has 1 N–H and O–H groups in total. The van der Waals surface area contributed by atoms with Crippen LogP contribution in [0.5, 0.6) is 0 Å². The average molecular weight is 269 g/mol. The zero-order valence-corrected chi connectivity index (χ0v) is 10.6. The van der Waals surface area contributed by atoms with Gasteiger partial charge >= 0.3 is 0 Å². The monoisotopic (exact) mass is 268 g/mol. The predicted molar refractivity (Wildman–Crippen MR) is 67.0 cm³/mol. The minimum Gasteiger partial charge on any atom is -0.395 e. The number of rotatable bonds is 3. The summed E-state index contributed by atoms with van der Waals surface area (Å²) in [5, 5.41) is 18.8. The summed E-state index contributed by atoms with van der Waals surface area (Å²) in [6, 6.07) is 7.02. The quantitative estimate of drug-likeness (QED) is 0.913. The first-order valence-electron chi connectivity index (χ1n) is 5.81. The van der Waals surface area contributed by atoms with E-state index in [4.69, 9.17) is 16.9 Å². The highest BCUT2D eigenvalue weighted by molar-refractivity contribution is 6.30. The van der Waals surface area contributed by atoms with Crippen LogP contribution in [0.15, 0.2) is 18.2 Å². The van der Waals surface area contributed by atoms with Gasteiger partial charge in [-0.2, -0.15) is 5.26 Å². The molecule has 3 nitrogen and oxygen atoms in total. The molecule has 18 heavy (non-hydrogen) atoms. The Hall–Kier alpha value is -1.15. The van der Waals surface area contributed by atoms with Crippen molar-refractivity contribution in [3.05, 3.63) is 34.3 Å². The summed E-state index contributed by atoms with van der Waals surface area (Å²) in [6.45, 7) is 0.709. The zero-order valence-electron chi connectivity index (χ0n) is 9.81. The zero-order chi connectivity index (χ0) is 13.1. The number of nitriles is 1. The molecular weight excluding hydrogens is 255 g/mol. The predicted octanol–water partition coefficient (Wildman–Crippen LogP) is 2.12. The highest BCUT2D eigenvalue weighted by Crippen LogP contribution is 2.24. The van der Waals surface area contributed by atoms with E-state index in [-0.39, 0.29) is 12.6 Å². The molecule has 2 atom stereocenters. The fourth-order valence-corrected chi connectivity index (χ4v) is 2.49. The average Bonchev–Trinajstić information content (AvgIpc) is 2.71. The molecule has 1 fully saturated rings. The summed E-state index contributed by atoms with van der Waals surface area (Å²) in [7, 11) is 0. The molecule has 0 bridgehead atoms. The highest BCUT2D eigenvalue weighted by Gasteiger charge is 2.31. The van der Waals surface area contributed by atoms with E-state index in [0.717, 1.165) is 5.56 Å². The van der Waals surface area contributed by atoms with Crippen LogP contribution in [0, 0.1) is 11.3 Å². The Morgan fingerprint density at radius 3 is 3.00 bits per heavy atom. The molecule has 5 heteroatoms. The van der Waals surface area contributed by atoms with Crippen molar-refractivity contribution in [2.24, 2.45) is 0 Å². The third-order valence-corrected chi connectivity index (χ3v) is 3.49. The van der Waals surface area contributed by atoms with Gasteiger partial charge in [0.05, 0.1) is 18.2 Å². The van der Waals surface area contributed by atoms with Crippen molar-refractivity contribution in [1.82, 2.24) is 4.90 Å². The van der Waals surface area contributed by atoms with Crippen LogP contribution in [0.2, 0.25) is 5.02 Å². The van der Waals surface area contributed by atoms with E-state index in [9.17, 15) is 9.50 Å². The molecule has 0 aromatic heterocycles. The number of alkyl halides is 1. The molecular formula is C13H14ClFN2O. The van der Waals surface area contributed by atoms with Gasteiger partial charge in [0.25, 0.3) is 0 Å². The highest BCUT2D eigenvalue weighted by atomic mass is 35.5. The summed E-state index contributed by atoms with van der Waals surface area (Å²) in [5.74, 6) is 0. The number of aliphatic hydroxyl groups excluding tert-OH is 1. The molecule has 0 amide bonds. The number of hydrogen-bond donors (Lipinski definition) is 1. The van der Waals surface area contributed by atoms with Gasteiger partial charge < -0.3 is 5.11 Å². The van der Waals surface area contributed by atoms with E-state index in [1.165, 1.54) is 0 Å². The summed E-state index contributed by atoms with van der Waals surface area (Å²) < 4.78 is 13.3. The smallest absolute Gasteiger partial charge is 0.114 e. The van der Waals surface area contributed by atoms with E-state index in [0.29, 0.717) is 30.1 Å². The van der Waals surface area contributed by atoms with Gasteiger partial charge in [-0.3, -0.25) is 4.90 Å². The van der Waals surface area contributed by atoms with Crippen LogP contribution < -0.4 is 0 Å². The minimum atomic E-state index is -0.903. The normalized spacial score (nSPS) is 24.1. The second kappa shape index (κ2) is 5.66. The second-order valence-electron chi connectivity index (χ2n) is 4.51. The van der Waals surface area contributed by atoms with E-state index in [1.54, 1.807) is 18.2 Å². The Morgan fingerprint density at radius 1 is 1.56 bits per heavy atom. The van der Waals surface area contributed by atoms with Crippen LogP contribution >= 0.6 is 11.6 Å². The van der Waals surface area contributed by atoms with Gasteiger partial charge in [-0.1, -0.05) is 17.7 Å². The van der Waals surface area contributed by atoms with Crippen LogP contribution in [0.1, 0.15) is 17.5 Å². The number of hydrogen-bond acceptors (Lipinski definition) is 3. The van der Waals surface area contributed by atoms with Crippen LogP contribution in [0.25, 0.3) is 0 Å². The topological polar surface area (TPSA) is 47.3 Å². The molecule has 1 saturated heterocycles. The molecule has 1 aliphatic rings. The molecule has 2 rings (SSSR count). The van der Waals surface area contributed by atoms with Crippen molar-refractivity contribution in [2.75, 3.05) is 13.2 Å². The number of nitrogens with zero attached hydrogens (tertiary/aromatic N) is 2. The Balaban J connectivity index is 2.17. The van der Waals surface area contributed by atoms with Gasteiger partial charge in [-0.15, -0.1) is 0 Å². The van der Waals surface area contributed by atoms with Crippen LogP contribution in [0.4, 0.5) is 4.39 Å². The van der Waals surface area contributed by atoms with Crippen LogP contribution in [-0.4, -0.2) is 35.4 Å². The summed E-state index contributed by atoms with van der Waals surface area (Å²) in [5.41, 5.74) is 1.32. The molecule has 0 saturated carbocycles. The molecule has 0 unspecified atom stereocenters. The van der Waals surface area contributed by atoms with Crippen molar-refractivity contribution in [2.45, 2.75) is 25.2 Å². The van der Waals surface area contributed by atoms with E-state index >= 15 is 0 Å². The summed E-state index contributed by atoms with van der Waals surface area (Å²) >= 11 is 5.83. The molecule has 1 aromatic carbocycles. The lowest BCUT2D eigenvalue weighted by Crippen LogP contribution is -2.32. The largest absolute Gasteiger partial charge is 0.395 e. The van der Waals surface area contributed by atoms with Crippen LogP contribution in [-0.2, 0) is 6.54 Å². The number of benzene rings is 1. The standard InChI is InChI=1S/C13H14ClFN2O/c14-11-2-1-9(10(3-11)5-16)6-17-7-12(15)4-13(17)8-18/h1-3,12-13,18H,4,6-8H2/t12-,13-/m0/s1. The van der Waals surface area contributed by atoms with Crippen LogP contribution in [0.3, 0.4) is 0 Å². The number of likely N-dealkylation sites (tertiary alicyclic amines) is 1. The lowest BCUT2D eigenvalue weighted by atomic mass is 10.1. The van der Waals surface area contributed by atoms with Gasteiger partial charge in [-0.25, -0.2) is 4.39 Å². The molecule has 0 radical (unpaired) electrons. The number of halogens is 2. The van der Waals surface area contributed by atoms with E-state index in [2.05, 4.69) is 6.07 Å². The Bertz CT molecular complexity index is 475. The Morgan fingerprint density at radius 2 is 2.33 bits per heavy atom. The maximum absolute atomic E-state index is 13.3. The fourth-order valence-electron chi connectivity index (χ4n) is 2.32. The third-order valence-electron chi connectivity index (χ3n) is 3.25. The molecule has 0 aliphatic carbocycles. The molecule has 0 spiro atoms. The van der Waals surface area contributed by atoms with Crippen molar-refractivity contribution >= 4 is 11.6 Å². The van der Waals surface area contributed by atoms with Gasteiger partial charge in [0.15, 0.2) is 0 Å². The molecule has 96 valence electrons. The lowest BCUT2D eigenvalue weighted by molar-refractivity contribution is 0.153. The summed E-state index contributed by atoms with van der Waals surface area (Å²) in [4.78, 5) is 1.87. The van der Waals surface area contributed by atoms with Gasteiger partial charge in [0.1, 0.15) is 6.17 Å². The third kappa shape index (κ3) is 2.81. The van der Waals surface area contributed by atoms with Gasteiger partial charge in [-0.05, 0) is 24.1 Å². The maximum atomic E-state index is 13.3. The molecule has 1 aliphatic heterocycles. The maximum Gasteiger partial charge on any atom is 0.114 e. The molecule has 1 heterocycles. The lowest BCUT2D eigenvalue weighted by Gasteiger charge is -2.22. The van der Waals surface area contributed by atoms with Gasteiger partial charge in [0, 0.05) is 24.2 Å². The minimum absolute atomic E-state index is 0.0596. The van der Waals surface area contributed by atoms with E-state index in [1.807, 2.05) is 4.90 Å². The second-order valence-corrected chi connectivity index (χ2v) is 4.95. The first-order chi connectivity index (χ1) is 8.63. The first-order valence-corrected chi connectivity index (χ1v) is 6.19. The van der Waals surface area contributed by atoms with Crippen molar-refractivity contribution in [3.8, 4) is 6.07 Å². The fraction of sp³-hybridized carbons (Fsp3) is 0.462. The number of aliphatic hydroxyl groups is 1. The van der Waals surface area contributed by atoms with Gasteiger partial charge in [0.2, 0.25) is 0 Å². The SMILES string of the molecule is N#Cc1cc(Cl)ccc1CN1C[C@@H](F)C[C@H]1CO. The van der Waals surface area contributed by atoms with Crippen molar-refractivity contribution in [1.29, 1.82) is 5.26 Å². The molecule has 1 aromatic rings. The Kier molecular flexibility index (Phi) is 4.18. The summed E-state index contributed by atoms with van der Waals surface area (Å²) in [6.07, 6.45) is -0.550. The van der Waals surface area contributed by atoms with E-state index < -0.39 is 6.17 Å². The Labute approximate surface area is 110 Å².